The SMILES string of the molecule is C=C(C(=O)O)c1ccccc1Cl. The molecule has 1 rings (SSSR count). The monoisotopic (exact) mass is 182 g/mol. The van der Waals surface area contributed by atoms with Crippen molar-refractivity contribution in [3.63, 3.8) is 0 Å². The van der Waals surface area contributed by atoms with Crippen LogP contribution in [0, 0.1) is 0 Å². The summed E-state index contributed by atoms with van der Waals surface area (Å²) in [5.74, 6) is -1.05. The Balaban J connectivity index is 3.11. The van der Waals surface area contributed by atoms with E-state index in [1.54, 1.807) is 24.3 Å². The minimum Gasteiger partial charge on any atom is -0.478 e. The molecule has 0 amide bonds. The van der Waals surface area contributed by atoms with Gasteiger partial charge in [0.2, 0.25) is 0 Å². The number of benzene rings is 1. The Labute approximate surface area is 75.1 Å². The number of hydrogen-bond donors (Lipinski definition) is 1. The quantitative estimate of drug-likeness (QED) is 0.714. The van der Waals surface area contributed by atoms with Crippen molar-refractivity contribution in [3.05, 3.63) is 41.4 Å². The largest absolute Gasteiger partial charge is 0.478 e. The van der Waals surface area contributed by atoms with E-state index in [0.29, 0.717) is 10.6 Å². The molecule has 0 bridgehead atoms. The molecule has 0 aliphatic rings. The van der Waals surface area contributed by atoms with Gasteiger partial charge < -0.3 is 5.11 Å². The first-order chi connectivity index (χ1) is 5.63. The molecule has 12 heavy (non-hydrogen) atoms. The molecule has 1 N–H and O–H groups in total. The van der Waals surface area contributed by atoms with E-state index in [1.165, 1.54) is 0 Å². The van der Waals surface area contributed by atoms with Crippen molar-refractivity contribution in [1.29, 1.82) is 0 Å². The highest BCUT2D eigenvalue weighted by Crippen LogP contribution is 2.21. The molecule has 1 aromatic carbocycles. The first-order valence-corrected chi connectivity index (χ1v) is 3.68. The minimum atomic E-state index is -1.05. The van der Waals surface area contributed by atoms with Crippen molar-refractivity contribution in [2.24, 2.45) is 0 Å². The first kappa shape index (κ1) is 8.81. The Hall–Kier alpha value is -1.28. The van der Waals surface area contributed by atoms with Crippen LogP contribution in [0.2, 0.25) is 5.02 Å². The smallest absolute Gasteiger partial charge is 0.335 e. The molecular weight excluding hydrogens is 176 g/mol. The van der Waals surface area contributed by atoms with Crippen LogP contribution in [0.25, 0.3) is 5.57 Å². The lowest BCUT2D eigenvalue weighted by Crippen LogP contribution is -1.98. The van der Waals surface area contributed by atoms with Crippen molar-refractivity contribution >= 4 is 23.1 Å². The maximum Gasteiger partial charge on any atom is 0.335 e. The van der Waals surface area contributed by atoms with E-state index in [4.69, 9.17) is 16.7 Å². The third-order valence-corrected chi connectivity index (χ3v) is 1.79. The number of hydrogen-bond acceptors (Lipinski definition) is 1. The Kier molecular flexibility index (Phi) is 2.51. The molecule has 0 saturated heterocycles. The van der Waals surface area contributed by atoms with Gasteiger partial charge in [-0.3, -0.25) is 0 Å². The van der Waals surface area contributed by atoms with E-state index in [-0.39, 0.29) is 5.57 Å². The second-order valence-corrected chi connectivity index (χ2v) is 2.67. The fourth-order valence-electron chi connectivity index (χ4n) is 0.821. The molecule has 62 valence electrons. The molecule has 0 saturated carbocycles. The molecule has 0 aliphatic heterocycles. The summed E-state index contributed by atoms with van der Waals surface area (Å²) in [7, 11) is 0. The van der Waals surface area contributed by atoms with Crippen molar-refractivity contribution in [3.8, 4) is 0 Å². The number of halogens is 1. The van der Waals surface area contributed by atoms with E-state index < -0.39 is 5.97 Å². The van der Waals surface area contributed by atoms with E-state index in [9.17, 15) is 4.79 Å². The number of aliphatic carboxylic acids is 1. The molecule has 0 unspecified atom stereocenters. The molecule has 3 heteroatoms. The third kappa shape index (κ3) is 1.66. The number of carboxylic acid groups (broad SMARTS) is 1. The fourth-order valence-corrected chi connectivity index (χ4v) is 1.07. The molecule has 0 spiro atoms. The van der Waals surface area contributed by atoms with E-state index in [2.05, 4.69) is 6.58 Å². The fraction of sp³-hybridized carbons (Fsp3) is 0. The zero-order valence-corrected chi connectivity index (χ0v) is 7.01. The third-order valence-electron chi connectivity index (χ3n) is 1.46. The van der Waals surface area contributed by atoms with Gasteiger partial charge in [0.15, 0.2) is 0 Å². The standard InChI is InChI=1S/C9H7ClO2/c1-6(9(11)12)7-4-2-3-5-8(7)10/h2-5H,1H2,(H,11,12). The van der Waals surface area contributed by atoms with Crippen LogP contribution in [0.4, 0.5) is 0 Å². The highest BCUT2D eigenvalue weighted by molar-refractivity contribution is 6.34. The van der Waals surface area contributed by atoms with E-state index in [1.807, 2.05) is 0 Å². The van der Waals surface area contributed by atoms with Gasteiger partial charge in [0, 0.05) is 10.6 Å². The van der Waals surface area contributed by atoms with Crippen molar-refractivity contribution in [1.82, 2.24) is 0 Å². The molecule has 0 fully saturated rings. The van der Waals surface area contributed by atoms with Crippen molar-refractivity contribution in [2.75, 3.05) is 0 Å². The molecule has 1 aromatic rings. The van der Waals surface area contributed by atoms with Crippen LogP contribution in [-0.4, -0.2) is 11.1 Å². The lowest BCUT2D eigenvalue weighted by Gasteiger charge is -2.01. The van der Waals surface area contributed by atoms with Crippen LogP contribution in [-0.2, 0) is 4.79 Å². The Morgan fingerprint density at radius 2 is 2.00 bits per heavy atom. The number of rotatable bonds is 2. The lowest BCUT2D eigenvalue weighted by atomic mass is 10.1. The predicted molar refractivity (Wildman–Crippen MR) is 48.1 cm³/mol. The van der Waals surface area contributed by atoms with Crippen molar-refractivity contribution in [2.45, 2.75) is 0 Å². The van der Waals surface area contributed by atoms with Gasteiger partial charge >= 0.3 is 5.97 Å². The zero-order valence-electron chi connectivity index (χ0n) is 6.25. The molecule has 0 aliphatic carbocycles. The van der Waals surface area contributed by atoms with E-state index in [0.717, 1.165) is 0 Å². The van der Waals surface area contributed by atoms with Crippen LogP contribution in [0.15, 0.2) is 30.8 Å². The van der Waals surface area contributed by atoms with Gasteiger partial charge in [-0.05, 0) is 6.07 Å². The Morgan fingerprint density at radius 1 is 1.42 bits per heavy atom. The summed E-state index contributed by atoms with van der Waals surface area (Å²) < 4.78 is 0. The van der Waals surface area contributed by atoms with Crippen LogP contribution in [0.1, 0.15) is 5.56 Å². The molecule has 0 aromatic heterocycles. The van der Waals surface area contributed by atoms with Gasteiger partial charge in [-0.2, -0.15) is 0 Å². The van der Waals surface area contributed by atoms with Crippen LogP contribution in [0.5, 0.6) is 0 Å². The van der Waals surface area contributed by atoms with Crippen LogP contribution in [0.3, 0.4) is 0 Å². The molecule has 0 heterocycles. The summed E-state index contributed by atoms with van der Waals surface area (Å²) in [4.78, 5) is 10.5. The molecule has 2 nitrogen and oxygen atoms in total. The summed E-state index contributed by atoms with van der Waals surface area (Å²) >= 11 is 5.74. The summed E-state index contributed by atoms with van der Waals surface area (Å²) in [5, 5.41) is 9.01. The van der Waals surface area contributed by atoms with Gasteiger partial charge in [0.1, 0.15) is 0 Å². The van der Waals surface area contributed by atoms with Crippen molar-refractivity contribution < 1.29 is 9.90 Å². The minimum absolute atomic E-state index is 0.0144. The Morgan fingerprint density at radius 3 is 2.50 bits per heavy atom. The van der Waals surface area contributed by atoms with Gasteiger partial charge in [0.25, 0.3) is 0 Å². The van der Waals surface area contributed by atoms with Gasteiger partial charge in [-0.15, -0.1) is 0 Å². The predicted octanol–water partition coefficient (Wildman–Crippen LogP) is 2.44. The van der Waals surface area contributed by atoms with Crippen LogP contribution >= 0.6 is 11.6 Å². The van der Waals surface area contributed by atoms with Gasteiger partial charge in [-0.1, -0.05) is 36.4 Å². The Bertz CT molecular complexity index is 331. The summed E-state index contributed by atoms with van der Waals surface area (Å²) in [6, 6.07) is 6.71. The van der Waals surface area contributed by atoms with Gasteiger partial charge in [0.05, 0.1) is 5.57 Å². The van der Waals surface area contributed by atoms with Crippen LogP contribution < -0.4 is 0 Å². The average molecular weight is 183 g/mol. The summed E-state index contributed by atoms with van der Waals surface area (Å²) in [5.41, 5.74) is 0.479. The highest BCUT2D eigenvalue weighted by atomic mass is 35.5. The second kappa shape index (κ2) is 3.41. The molecular formula is C9H7ClO2. The second-order valence-electron chi connectivity index (χ2n) is 2.26. The summed E-state index contributed by atoms with van der Waals surface area (Å²) in [6.45, 7) is 3.40. The lowest BCUT2D eigenvalue weighted by molar-refractivity contribution is -0.130. The summed E-state index contributed by atoms with van der Waals surface area (Å²) in [6.07, 6.45) is 0. The first-order valence-electron chi connectivity index (χ1n) is 3.30. The maximum absolute atomic E-state index is 10.5. The average Bonchev–Trinajstić information content (AvgIpc) is 2.04. The van der Waals surface area contributed by atoms with Gasteiger partial charge in [-0.25, -0.2) is 4.79 Å². The highest BCUT2D eigenvalue weighted by Gasteiger charge is 2.09. The zero-order chi connectivity index (χ0) is 9.14. The topological polar surface area (TPSA) is 37.3 Å². The molecule has 0 atom stereocenters. The number of carboxylic acids is 1. The van der Waals surface area contributed by atoms with E-state index >= 15 is 0 Å². The number of carbonyl (C=O) groups is 1. The normalized spacial score (nSPS) is 9.42. The molecule has 0 radical (unpaired) electrons. The maximum atomic E-state index is 10.5.